The van der Waals surface area contributed by atoms with E-state index < -0.39 is 0 Å². The van der Waals surface area contributed by atoms with Crippen molar-refractivity contribution in [3.63, 3.8) is 0 Å². The number of esters is 1. The van der Waals surface area contributed by atoms with E-state index in [4.69, 9.17) is 10.00 Å². The molecule has 4 bridgehead atoms. The molecule has 0 amide bonds. The number of carbonyl (C=O) groups excluding carboxylic acids is 1. The summed E-state index contributed by atoms with van der Waals surface area (Å²) in [5.41, 5.74) is 2.99. The van der Waals surface area contributed by atoms with Gasteiger partial charge in [-0.1, -0.05) is 0 Å². The molecule has 6 rings (SSSR count). The summed E-state index contributed by atoms with van der Waals surface area (Å²) < 4.78 is 5.78. The number of aromatic nitrogens is 1. The number of aromatic amines is 1. The summed E-state index contributed by atoms with van der Waals surface area (Å²) in [7, 11) is 0. The molecule has 2 N–H and O–H groups in total. The maximum absolute atomic E-state index is 12.7. The van der Waals surface area contributed by atoms with E-state index in [0.29, 0.717) is 35.0 Å². The first-order chi connectivity index (χ1) is 12.6. The molecule has 6 heteroatoms. The minimum Gasteiger partial charge on any atom is -0.454 e. The van der Waals surface area contributed by atoms with Crippen molar-refractivity contribution < 1.29 is 14.6 Å². The fourth-order valence-electron chi connectivity index (χ4n) is 4.67. The molecule has 0 spiro atoms. The number of carbonyl (C=O) groups is 1. The highest BCUT2D eigenvalue weighted by Crippen LogP contribution is 2.43. The van der Waals surface area contributed by atoms with Gasteiger partial charge < -0.3 is 19.7 Å². The Bertz CT molecular complexity index is 970. The van der Waals surface area contributed by atoms with Gasteiger partial charge in [-0.05, 0) is 43.0 Å². The summed E-state index contributed by atoms with van der Waals surface area (Å²) in [5, 5.41) is 19.8. The number of benzene rings is 1. The first-order valence-corrected chi connectivity index (χ1v) is 9.00. The Morgan fingerprint density at radius 2 is 2.27 bits per heavy atom. The largest absolute Gasteiger partial charge is 0.454 e. The number of nitriles is 1. The zero-order valence-corrected chi connectivity index (χ0v) is 14.2. The van der Waals surface area contributed by atoms with Gasteiger partial charge in [0.2, 0.25) is 0 Å². The second-order valence-electron chi connectivity index (χ2n) is 7.49. The normalized spacial score (nSPS) is 29.4. The molecule has 3 fully saturated rings. The lowest BCUT2D eigenvalue weighted by atomic mass is 9.75. The third-order valence-corrected chi connectivity index (χ3v) is 5.96. The van der Waals surface area contributed by atoms with Crippen molar-refractivity contribution in [3.05, 3.63) is 47.3 Å². The van der Waals surface area contributed by atoms with E-state index in [9.17, 15) is 9.90 Å². The number of piperidine rings is 3. The van der Waals surface area contributed by atoms with Crippen LogP contribution in [0.15, 0.2) is 36.2 Å². The second kappa shape index (κ2) is 5.61. The number of allylic oxidation sites excluding steroid dienone is 1. The average Bonchev–Trinajstić information content (AvgIpc) is 3.04. The fourth-order valence-corrected chi connectivity index (χ4v) is 4.67. The van der Waals surface area contributed by atoms with Crippen molar-refractivity contribution in [1.82, 2.24) is 9.88 Å². The van der Waals surface area contributed by atoms with Crippen LogP contribution in [0.5, 0.6) is 0 Å². The highest BCUT2D eigenvalue weighted by molar-refractivity contribution is 6.04. The molecule has 0 radical (unpaired) electrons. The molecule has 0 aliphatic carbocycles. The minimum atomic E-state index is -0.367. The number of aliphatic hydroxyl groups is 1. The highest BCUT2D eigenvalue weighted by Gasteiger charge is 2.45. The summed E-state index contributed by atoms with van der Waals surface area (Å²) >= 11 is 0. The van der Waals surface area contributed by atoms with Crippen molar-refractivity contribution >= 4 is 16.9 Å². The van der Waals surface area contributed by atoms with Gasteiger partial charge in [0.05, 0.1) is 23.3 Å². The fraction of sp³-hybridized carbons (Fsp3) is 0.400. The SMILES string of the molecule is N#Cc1ccc2[nH]cc(C(=O)OC3C=C4CC5CC(C3)N4CC5O)c2c1. The summed E-state index contributed by atoms with van der Waals surface area (Å²) in [6, 6.07) is 7.68. The number of rotatable bonds is 2. The quantitative estimate of drug-likeness (QED) is 0.812. The van der Waals surface area contributed by atoms with Crippen LogP contribution >= 0.6 is 0 Å². The zero-order valence-electron chi connectivity index (χ0n) is 14.2. The molecule has 6 nitrogen and oxygen atoms in total. The lowest BCUT2D eigenvalue weighted by Crippen LogP contribution is -2.57. The summed E-state index contributed by atoms with van der Waals surface area (Å²) in [6.45, 7) is 0.696. The van der Waals surface area contributed by atoms with Crippen molar-refractivity contribution in [2.75, 3.05) is 6.54 Å². The van der Waals surface area contributed by atoms with E-state index >= 15 is 0 Å². The standard InChI is InChI=1S/C20H19N3O3/c21-8-11-1-2-18-16(3-11)17(9-22-18)20(25)26-15-6-13-4-12-5-14(7-15)23(13)10-19(12)24/h1-3,6,9,12,14-15,19,22,24H,4-5,7,10H2. The van der Waals surface area contributed by atoms with Crippen LogP contribution in [0.1, 0.15) is 35.2 Å². The van der Waals surface area contributed by atoms with Gasteiger partial charge in [-0.25, -0.2) is 4.79 Å². The Balaban J connectivity index is 1.39. The van der Waals surface area contributed by atoms with E-state index in [0.717, 1.165) is 24.8 Å². The molecule has 5 heterocycles. The number of H-pyrrole nitrogens is 1. The highest BCUT2D eigenvalue weighted by atomic mass is 16.5. The van der Waals surface area contributed by atoms with Crippen LogP contribution in [0.25, 0.3) is 10.9 Å². The molecule has 1 aromatic heterocycles. The Morgan fingerprint density at radius 3 is 3.04 bits per heavy atom. The van der Waals surface area contributed by atoms with Crippen LogP contribution in [-0.4, -0.2) is 45.8 Å². The Labute approximate surface area is 150 Å². The molecule has 4 atom stereocenters. The number of hydrogen-bond acceptors (Lipinski definition) is 5. The third-order valence-electron chi connectivity index (χ3n) is 5.96. The smallest absolute Gasteiger partial charge is 0.340 e. The molecular weight excluding hydrogens is 330 g/mol. The molecule has 4 unspecified atom stereocenters. The number of aliphatic hydroxyl groups excluding tert-OH is 1. The van der Waals surface area contributed by atoms with Crippen LogP contribution in [0, 0.1) is 17.2 Å². The van der Waals surface area contributed by atoms with Gasteiger partial charge in [0.1, 0.15) is 6.10 Å². The average molecular weight is 349 g/mol. The van der Waals surface area contributed by atoms with E-state index in [1.54, 1.807) is 24.4 Å². The number of hydrogen-bond donors (Lipinski definition) is 2. The first kappa shape index (κ1) is 15.5. The predicted octanol–water partition coefficient (Wildman–Crippen LogP) is 2.31. The van der Waals surface area contributed by atoms with E-state index in [1.165, 1.54) is 5.70 Å². The van der Waals surface area contributed by atoms with Crippen molar-refractivity contribution in [3.8, 4) is 6.07 Å². The van der Waals surface area contributed by atoms with E-state index in [1.807, 2.05) is 6.08 Å². The molecule has 4 aliphatic rings. The zero-order chi connectivity index (χ0) is 17.8. The van der Waals surface area contributed by atoms with Crippen molar-refractivity contribution in [2.24, 2.45) is 5.92 Å². The van der Waals surface area contributed by atoms with Gasteiger partial charge in [-0.3, -0.25) is 0 Å². The van der Waals surface area contributed by atoms with Crippen LogP contribution in [0.3, 0.4) is 0 Å². The van der Waals surface area contributed by atoms with Crippen LogP contribution < -0.4 is 0 Å². The lowest BCUT2D eigenvalue weighted by Gasteiger charge is -2.53. The number of fused-ring (bicyclic) bond motifs is 2. The molecule has 132 valence electrons. The summed E-state index contributed by atoms with van der Waals surface area (Å²) in [4.78, 5) is 18.1. The Kier molecular flexibility index (Phi) is 3.34. The van der Waals surface area contributed by atoms with Crippen LogP contribution in [-0.2, 0) is 4.74 Å². The van der Waals surface area contributed by atoms with Gasteiger partial charge in [-0.2, -0.15) is 5.26 Å². The molecule has 0 saturated carbocycles. The summed E-state index contributed by atoms with van der Waals surface area (Å²) in [5.74, 6) is -0.0284. The Morgan fingerprint density at radius 1 is 1.38 bits per heavy atom. The van der Waals surface area contributed by atoms with Gasteiger partial charge in [0, 0.05) is 41.8 Å². The molecular formula is C20H19N3O3. The number of nitrogens with one attached hydrogen (secondary N) is 1. The maximum atomic E-state index is 12.7. The van der Waals surface area contributed by atoms with E-state index in [-0.39, 0.29) is 18.2 Å². The van der Waals surface area contributed by atoms with E-state index in [2.05, 4.69) is 16.0 Å². The second-order valence-corrected chi connectivity index (χ2v) is 7.49. The monoisotopic (exact) mass is 349 g/mol. The van der Waals surface area contributed by atoms with Crippen molar-refractivity contribution in [2.45, 2.75) is 37.5 Å². The summed E-state index contributed by atoms with van der Waals surface area (Å²) in [6.07, 6.45) is 5.82. The van der Waals surface area contributed by atoms with Gasteiger partial charge in [0.25, 0.3) is 0 Å². The van der Waals surface area contributed by atoms with Crippen LogP contribution in [0.4, 0.5) is 0 Å². The topological polar surface area (TPSA) is 89.3 Å². The Hall–Kier alpha value is -2.78. The lowest BCUT2D eigenvalue weighted by molar-refractivity contribution is -0.0511. The number of ether oxygens (including phenoxy) is 1. The maximum Gasteiger partial charge on any atom is 0.340 e. The molecule has 26 heavy (non-hydrogen) atoms. The molecule has 3 saturated heterocycles. The van der Waals surface area contributed by atoms with Gasteiger partial charge >= 0.3 is 5.97 Å². The van der Waals surface area contributed by atoms with Gasteiger partial charge in [-0.15, -0.1) is 0 Å². The molecule has 4 aliphatic heterocycles. The third kappa shape index (κ3) is 2.31. The van der Waals surface area contributed by atoms with Crippen LogP contribution in [0.2, 0.25) is 0 Å². The van der Waals surface area contributed by atoms with Gasteiger partial charge in [0.15, 0.2) is 0 Å². The minimum absolute atomic E-state index is 0.233. The predicted molar refractivity (Wildman–Crippen MR) is 94.1 cm³/mol. The molecule has 1 aromatic carbocycles. The molecule has 2 aromatic rings. The van der Waals surface area contributed by atoms with Crippen molar-refractivity contribution in [1.29, 1.82) is 5.26 Å². The first-order valence-electron chi connectivity index (χ1n) is 9.00. The number of nitrogens with zero attached hydrogens (tertiary/aromatic N) is 2.